The number of benzene rings is 2. The van der Waals surface area contributed by atoms with Gasteiger partial charge in [0.25, 0.3) is 0 Å². The number of esters is 4. The van der Waals surface area contributed by atoms with Crippen LogP contribution in [0.3, 0.4) is 0 Å². The van der Waals surface area contributed by atoms with Crippen molar-refractivity contribution in [1.82, 2.24) is 0 Å². The Morgan fingerprint density at radius 3 is 0.885 bits per heavy atom. The summed E-state index contributed by atoms with van der Waals surface area (Å²) in [5, 5.41) is 74.5. The van der Waals surface area contributed by atoms with Crippen LogP contribution < -0.4 is 0 Å². The highest BCUT2D eigenvalue weighted by Crippen LogP contribution is 2.37. The summed E-state index contributed by atoms with van der Waals surface area (Å²) >= 11 is 1.25. The van der Waals surface area contributed by atoms with Gasteiger partial charge in [0, 0.05) is 9.75 Å². The summed E-state index contributed by atoms with van der Waals surface area (Å²) in [5.74, 6) is -2.79. The van der Waals surface area contributed by atoms with E-state index < -0.39 is 48.3 Å². The lowest BCUT2D eigenvalue weighted by Crippen LogP contribution is -2.13. The topological polar surface area (TPSA) is 267 Å². The molecule has 4 unspecified atom stereocenters. The first-order valence-corrected chi connectivity index (χ1v) is 21.5. The zero-order valence-corrected chi connectivity index (χ0v) is 35.1. The van der Waals surface area contributed by atoms with E-state index in [-0.39, 0.29) is 75.1 Å². The van der Waals surface area contributed by atoms with E-state index in [0.717, 1.165) is 0 Å². The molecule has 0 aliphatic carbocycles. The number of aliphatic hydroxyl groups is 8. The van der Waals surface area contributed by atoms with E-state index in [4.69, 9.17) is 39.4 Å². The molecule has 0 saturated heterocycles. The maximum atomic E-state index is 13.3. The molecule has 3 rings (SSSR count). The van der Waals surface area contributed by atoms with Crippen LogP contribution in [0.15, 0.2) is 48.5 Å². The number of rotatable bonds is 30. The van der Waals surface area contributed by atoms with E-state index in [1.807, 2.05) is 0 Å². The van der Waals surface area contributed by atoms with Crippen molar-refractivity contribution in [2.24, 2.45) is 0 Å². The summed E-state index contributed by atoms with van der Waals surface area (Å²) in [4.78, 5) is 54.2. The lowest BCUT2D eigenvalue weighted by molar-refractivity contribution is 0.0464. The molecule has 0 radical (unpaired) electrons. The molecule has 0 aliphatic rings. The molecule has 1 heterocycles. The highest BCUT2D eigenvalue weighted by atomic mass is 32.1. The van der Waals surface area contributed by atoms with E-state index in [2.05, 4.69) is 0 Å². The second-order valence-corrected chi connectivity index (χ2v) is 15.7. The fraction of sp³-hybridized carbons (Fsp3) is 0.545. The van der Waals surface area contributed by atoms with Gasteiger partial charge in [-0.2, -0.15) is 0 Å². The zero-order valence-electron chi connectivity index (χ0n) is 34.3. The molecule has 8 N–H and O–H groups in total. The van der Waals surface area contributed by atoms with E-state index >= 15 is 0 Å². The third kappa shape index (κ3) is 18.7. The van der Waals surface area contributed by atoms with Crippen molar-refractivity contribution in [3.63, 3.8) is 0 Å². The van der Waals surface area contributed by atoms with Crippen LogP contribution in [0.25, 0.3) is 20.9 Å². The normalized spacial score (nSPS) is 13.2. The number of unbranched alkanes of at least 4 members (excludes halogenated alkanes) is 4. The average Bonchev–Trinajstić information content (AvgIpc) is 3.78. The Kier molecular flexibility index (Phi) is 23.7. The van der Waals surface area contributed by atoms with Crippen molar-refractivity contribution >= 4 is 35.2 Å². The maximum absolute atomic E-state index is 13.3. The van der Waals surface area contributed by atoms with Gasteiger partial charge in [0.2, 0.25) is 0 Å². The van der Waals surface area contributed by atoms with Gasteiger partial charge in [-0.1, -0.05) is 0 Å². The van der Waals surface area contributed by atoms with Crippen LogP contribution in [0.5, 0.6) is 0 Å². The highest BCUT2D eigenvalue weighted by Gasteiger charge is 2.20. The van der Waals surface area contributed by atoms with E-state index in [1.165, 1.54) is 23.5 Å². The van der Waals surface area contributed by atoms with Crippen LogP contribution >= 0.6 is 11.3 Å². The Hall–Kier alpha value is -4.30. The second kappa shape index (κ2) is 28.3. The maximum Gasteiger partial charge on any atom is 0.338 e. The smallest absolute Gasteiger partial charge is 0.338 e. The van der Waals surface area contributed by atoms with Gasteiger partial charge in [-0.3, -0.25) is 0 Å². The molecule has 2 aromatic carbocycles. The SMILES string of the molecule is O=C(OCCCCC(O)CO)c1cc(C(=O)OCCCCC(O)CO)cc(-c2ccc(-c3cc(C(=O)OCCCCC(O)CO)cc(C(=O)OCCCCC(O)CO)c3)s2)c1. The molecule has 17 heteroatoms. The van der Waals surface area contributed by atoms with Crippen LogP contribution in [0.4, 0.5) is 0 Å². The number of hydrogen-bond acceptors (Lipinski definition) is 17. The first-order chi connectivity index (χ1) is 29.4. The number of aliphatic hydroxyl groups excluding tert-OH is 8. The fourth-order valence-electron chi connectivity index (χ4n) is 5.95. The average molecular weight is 877 g/mol. The molecule has 0 aliphatic heterocycles. The van der Waals surface area contributed by atoms with Crippen molar-refractivity contribution in [1.29, 1.82) is 0 Å². The molecule has 0 saturated carbocycles. The standard InChI is InChI=1S/C44H60O16S/c45-25-35(49)9-1-5-15-57-41(53)31-19-29(20-32(23-31)42(54)58-16-6-2-10-36(50)26-46)39-13-14-40(61-39)30-21-33(43(55)59-17-7-3-11-37(51)27-47)24-34(22-30)44(56)60-18-8-4-12-38(52)28-48/h13-14,19-24,35-38,45-52H,1-12,15-18,25-28H2. The summed E-state index contributed by atoms with van der Waals surface area (Å²) in [6.07, 6.45) is 1.64. The number of carbonyl (C=O) groups is 4. The van der Waals surface area contributed by atoms with Gasteiger partial charge in [0.05, 0.1) is 99.5 Å². The Morgan fingerprint density at radius 2 is 0.656 bits per heavy atom. The summed E-state index contributed by atoms with van der Waals surface area (Å²) in [6.45, 7) is -1.33. The number of carbonyl (C=O) groups excluding carboxylic acids is 4. The van der Waals surface area contributed by atoms with Crippen molar-refractivity contribution in [2.75, 3.05) is 52.9 Å². The van der Waals surface area contributed by atoms with Gasteiger partial charge < -0.3 is 59.8 Å². The quantitative estimate of drug-likeness (QED) is 0.0269. The van der Waals surface area contributed by atoms with Crippen molar-refractivity contribution in [3.8, 4) is 20.9 Å². The van der Waals surface area contributed by atoms with Gasteiger partial charge in [-0.25, -0.2) is 19.2 Å². The molecule has 61 heavy (non-hydrogen) atoms. The van der Waals surface area contributed by atoms with Crippen molar-refractivity contribution in [2.45, 2.75) is 101 Å². The predicted molar refractivity (Wildman–Crippen MR) is 224 cm³/mol. The van der Waals surface area contributed by atoms with E-state index in [9.17, 15) is 39.6 Å². The van der Waals surface area contributed by atoms with Crippen molar-refractivity contribution < 1.29 is 79.0 Å². The first-order valence-electron chi connectivity index (χ1n) is 20.6. The molecular formula is C44H60O16S. The van der Waals surface area contributed by atoms with Gasteiger partial charge in [-0.05, 0) is 137 Å². The molecule has 0 bridgehead atoms. The molecule has 0 amide bonds. The van der Waals surface area contributed by atoms with Crippen molar-refractivity contribution in [3.05, 3.63) is 70.8 Å². The summed E-state index contributed by atoms with van der Waals surface area (Å²) in [7, 11) is 0. The summed E-state index contributed by atoms with van der Waals surface area (Å²) < 4.78 is 21.9. The Morgan fingerprint density at radius 1 is 0.410 bits per heavy atom. The molecule has 3 aromatic rings. The molecule has 338 valence electrons. The third-order valence-corrected chi connectivity index (χ3v) is 10.7. The van der Waals surface area contributed by atoms with Crippen LogP contribution in [0.1, 0.15) is 118 Å². The van der Waals surface area contributed by atoms with Crippen LogP contribution in [0.2, 0.25) is 0 Å². The second-order valence-electron chi connectivity index (χ2n) is 14.6. The summed E-state index contributed by atoms with van der Waals surface area (Å²) in [6, 6.07) is 12.5. The lowest BCUT2D eigenvalue weighted by Gasteiger charge is -2.11. The largest absolute Gasteiger partial charge is 0.462 e. The monoisotopic (exact) mass is 876 g/mol. The molecule has 0 fully saturated rings. The van der Waals surface area contributed by atoms with E-state index in [1.54, 1.807) is 36.4 Å². The molecule has 4 atom stereocenters. The summed E-state index contributed by atoms with van der Waals surface area (Å²) in [5.41, 5.74) is 1.25. The number of ether oxygens (including phenoxy) is 4. The van der Waals surface area contributed by atoms with Crippen LogP contribution in [-0.2, 0) is 18.9 Å². The minimum atomic E-state index is -0.863. The fourth-order valence-corrected chi connectivity index (χ4v) is 6.93. The zero-order chi connectivity index (χ0) is 44.6. The number of hydrogen-bond donors (Lipinski definition) is 8. The van der Waals surface area contributed by atoms with Crippen LogP contribution in [-0.4, -0.2) is 142 Å². The van der Waals surface area contributed by atoms with Gasteiger partial charge in [0.1, 0.15) is 0 Å². The van der Waals surface area contributed by atoms with Gasteiger partial charge in [-0.15, -0.1) is 11.3 Å². The molecule has 16 nitrogen and oxygen atoms in total. The first kappa shape index (κ1) is 51.1. The van der Waals surface area contributed by atoms with Crippen LogP contribution in [0, 0.1) is 0 Å². The minimum absolute atomic E-state index is 0.0348. The Labute approximate surface area is 359 Å². The Bertz CT molecular complexity index is 1570. The Balaban J connectivity index is 1.90. The molecular weight excluding hydrogens is 817 g/mol. The highest BCUT2D eigenvalue weighted by molar-refractivity contribution is 7.18. The minimum Gasteiger partial charge on any atom is -0.462 e. The molecule has 0 spiro atoms. The predicted octanol–water partition coefficient (Wildman–Crippen LogP) is 3.80. The van der Waals surface area contributed by atoms with E-state index in [0.29, 0.717) is 97.9 Å². The number of thiophene rings is 1. The third-order valence-electron chi connectivity index (χ3n) is 9.49. The molecule has 1 aromatic heterocycles. The lowest BCUT2D eigenvalue weighted by atomic mass is 10.0. The van der Waals surface area contributed by atoms with Gasteiger partial charge >= 0.3 is 23.9 Å². The van der Waals surface area contributed by atoms with Gasteiger partial charge in [0.15, 0.2) is 0 Å².